The van der Waals surface area contributed by atoms with E-state index in [2.05, 4.69) is 4.98 Å². The maximum atomic E-state index is 11.9. The molecule has 1 rings (SSSR count). The SMILES string of the molecule is N#Cc1cccnc1SC(F)(F)F. The molecule has 0 saturated heterocycles. The maximum Gasteiger partial charge on any atom is 0.447 e. The van der Waals surface area contributed by atoms with Crippen LogP contribution in [0.1, 0.15) is 5.56 Å². The van der Waals surface area contributed by atoms with E-state index in [-0.39, 0.29) is 22.4 Å². The molecule has 0 unspecified atom stereocenters. The lowest BCUT2D eigenvalue weighted by Gasteiger charge is -2.04. The van der Waals surface area contributed by atoms with Crippen molar-refractivity contribution >= 4 is 11.8 Å². The monoisotopic (exact) mass is 204 g/mol. The van der Waals surface area contributed by atoms with Crippen LogP contribution in [0.5, 0.6) is 0 Å². The summed E-state index contributed by atoms with van der Waals surface area (Å²) in [4.78, 5) is 3.46. The Morgan fingerprint density at radius 3 is 2.69 bits per heavy atom. The molecule has 0 spiro atoms. The predicted molar refractivity (Wildman–Crippen MR) is 40.9 cm³/mol. The third kappa shape index (κ3) is 2.95. The lowest BCUT2D eigenvalue weighted by atomic mass is 10.3. The van der Waals surface area contributed by atoms with Crippen molar-refractivity contribution in [2.75, 3.05) is 0 Å². The zero-order chi connectivity index (χ0) is 9.90. The van der Waals surface area contributed by atoms with E-state index in [1.807, 2.05) is 0 Å². The van der Waals surface area contributed by atoms with Gasteiger partial charge in [-0.25, -0.2) is 4.98 Å². The summed E-state index contributed by atoms with van der Waals surface area (Å²) in [5.74, 6) is 0. The molecule has 0 aliphatic rings. The van der Waals surface area contributed by atoms with Gasteiger partial charge in [-0.15, -0.1) is 0 Å². The number of hydrogen-bond acceptors (Lipinski definition) is 3. The van der Waals surface area contributed by atoms with E-state index in [9.17, 15) is 13.2 Å². The first kappa shape index (κ1) is 9.86. The molecule has 0 bridgehead atoms. The highest BCUT2D eigenvalue weighted by Gasteiger charge is 2.31. The second-order valence-corrected chi connectivity index (χ2v) is 3.07. The third-order valence-electron chi connectivity index (χ3n) is 1.10. The molecule has 0 fully saturated rings. The van der Waals surface area contributed by atoms with Crippen LogP contribution in [-0.2, 0) is 0 Å². The maximum absolute atomic E-state index is 11.9. The number of pyridine rings is 1. The highest BCUT2D eigenvalue weighted by molar-refractivity contribution is 8.00. The molecule has 0 aliphatic heterocycles. The molecule has 68 valence electrons. The summed E-state index contributed by atoms with van der Waals surface area (Å²) in [5.41, 5.74) is -4.47. The van der Waals surface area contributed by atoms with Gasteiger partial charge in [0.2, 0.25) is 0 Å². The van der Waals surface area contributed by atoms with Gasteiger partial charge in [-0.1, -0.05) is 0 Å². The first-order chi connectivity index (χ1) is 6.03. The molecular formula is C7H3F3N2S. The summed E-state index contributed by atoms with van der Waals surface area (Å²) >= 11 is -0.382. The molecule has 2 nitrogen and oxygen atoms in total. The van der Waals surface area contributed by atoms with E-state index >= 15 is 0 Å². The Labute approximate surface area is 76.4 Å². The smallest absolute Gasteiger partial charge is 0.248 e. The molecule has 0 aliphatic carbocycles. The van der Waals surface area contributed by atoms with Crippen LogP contribution in [-0.4, -0.2) is 10.5 Å². The van der Waals surface area contributed by atoms with Crippen molar-refractivity contribution in [1.82, 2.24) is 4.98 Å². The van der Waals surface area contributed by atoms with Gasteiger partial charge in [0.15, 0.2) is 0 Å². The summed E-state index contributed by atoms with van der Waals surface area (Å²) in [7, 11) is 0. The summed E-state index contributed by atoms with van der Waals surface area (Å²) in [5, 5.41) is 8.14. The van der Waals surface area contributed by atoms with Gasteiger partial charge in [-0.05, 0) is 12.1 Å². The van der Waals surface area contributed by atoms with Gasteiger partial charge in [0.05, 0.1) is 5.56 Å². The van der Waals surface area contributed by atoms with Crippen LogP contribution < -0.4 is 0 Å². The molecule has 0 saturated carbocycles. The van der Waals surface area contributed by atoms with Crippen molar-refractivity contribution in [2.24, 2.45) is 0 Å². The first-order valence-electron chi connectivity index (χ1n) is 3.14. The minimum absolute atomic E-state index is 0.0650. The Bertz CT molecular complexity index is 342. The molecule has 13 heavy (non-hydrogen) atoms. The fraction of sp³-hybridized carbons (Fsp3) is 0.143. The highest BCUT2D eigenvalue weighted by Crippen LogP contribution is 2.36. The van der Waals surface area contributed by atoms with Gasteiger partial charge in [-0.3, -0.25) is 0 Å². The Morgan fingerprint density at radius 2 is 2.15 bits per heavy atom. The second kappa shape index (κ2) is 3.66. The minimum atomic E-state index is -4.40. The second-order valence-electron chi connectivity index (χ2n) is 2.02. The normalized spacial score (nSPS) is 10.9. The number of halogens is 3. The van der Waals surface area contributed by atoms with Crippen LogP contribution in [0.3, 0.4) is 0 Å². The number of aromatic nitrogens is 1. The average molecular weight is 204 g/mol. The first-order valence-corrected chi connectivity index (χ1v) is 3.95. The van der Waals surface area contributed by atoms with Gasteiger partial charge in [-0.2, -0.15) is 18.4 Å². The van der Waals surface area contributed by atoms with E-state index < -0.39 is 5.51 Å². The van der Waals surface area contributed by atoms with E-state index in [0.717, 1.165) is 0 Å². The number of hydrogen-bond donors (Lipinski definition) is 0. The zero-order valence-corrected chi connectivity index (χ0v) is 6.99. The van der Waals surface area contributed by atoms with Crippen molar-refractivity contribution in [3.63, 3.8) is 0 Å². The van der Waals surface area contributed by atoms with Crippen molar-refractivity contribution in [2.45, 2.75) is 10.5 Å². The van der Waals surface area contributed by atoms with E-state index in [1.54, 1.807) is 6.07 Å². The average Bonchev–Trinajstić information content (AvgIpc) is 2.02. The molecule has 1 aromatic heterocycles. The standard InChI is InChI=1S/C7H3F3N2S/c8-7(9,10)13-6-5(4-11)2-1-3-12-6/h1-3H. The van der Waals surface area contributed by atoms with Crippen LogP contribution in [0.2, 0.25) is 0 Å². The van der Waals surface area contributed by atoms with E-state index in [0.29, 0.717) is 0 Å². The highest BCUT2D eigenvalue weighted by atomic mass is 32.2. The van der Waals surface area contributed by atoms with E-state index in [1.165, 1.54) is 18.3 Å². The topological polar surface area (TPSA) is 36.7 Å². The van der Waals surface area contributed by atoms with Crippen LogP contribution in [0.25, 0.3) is 0 Å². The fourth-order valence-corrected chi connectivity index (χ4v) is 1.22. The Morgan fingerprint density at radius 1 is 1.46 bits per heavy atom. The van der Waals surface area contributed by atoms with E-state index in [4.69, 9.17) is 5.26 Å². The molecule has 6 heteroatoms. The van der Waals surface area contributed by atoms with Crippen LogP contribution in [0.15, 0.2) is 23.4 Å². The number of nitrogens with zero attached hydrogens (tertiary/aromatic N) is 2. The number of thioether (sulfide) groups is 1. The number of alkyl halides is 3. The molecule has 1 heterocycles. The third-order valence-corrected chi connectivity index (χ3v) is 1.85. The summed E-state index contributed by atoms with van der Waals surface area (Å²) in [6.07, 6.45) is 1.22. The van der Waals surface area contributed by atoms with Gasteiger partial charge in [0.1, 0.15) is 11.1 Å². The summed E-state index contributed by atoms with van der Waals surface area (Å²) in [6, 6.07) is 4.34. The van der Waals surface area contributed by atoms with Gasteiger partial charge >= 0.3 is 5.51 Å². The predicted octanol–water partition coefficient (Wildman–Crippen LogP) is 2.57. The molecule has 0 radical (unpaired) electrons. The molecular weight excluding hydrogens is 201 g/mol. The molecule has 0 N–H and O–H groups in total. The summed E-state index contributed by atoms with van der Waals surface area (Å²) in [6.45, 7) is 0. The summed E-state index contributed by atoms with van der Waals surface area (Å²) < 4.78 is 35.6. The lowest BCUT2D eigenvalue weighted by molar-refractivity contribution is -0.0329. The van der Waals surface area contributed by atoms with Crippen LogP contribution >= 0.6 is 11.8 Å². The molecule has 0 amide bonds. The Balaban J connectivity index is 2.96. The van der Waals surface area contributed by atoms with Crippen molar-refractivity contribution in [3.05, 3.63) is 23.9 Å². The Hall–Kier alpha value is -1.22. The van der Waals surface area contributed by atoms with Gasteiger partial charge in [0.25, 0.3) is 0 Å². The molecule has 1 aromatic rings. The van der Waals surface area contributed by atoms with Crippen molar-refractivity contribution in [1.29, 1.82) is 5.26 Å². The Kier molecular flexibility index (Phi) is 2.78. The number of nitriles is 1. The molecule has 0 aromatic carbocycles. The van der Waals surface area contributed by atoms with Crippen molar-refractivity contribution < 1.29 is 13.2 Å². The quantitative estimate of drug-likeness (QED) is 0.659. The van der Waals surface area contributed by atoms with Crippen LogP contribution in [0.4, 0.5) is 13.2 Å². The lowest BCUT2D eigenvalue weighted by Crippen LogP contribution is -2.01. The van der Waals surface area contributed by atoms with Crippen LogP contribution in [0, 0.1) is 11.3 Å². The fourth-order valence-electron chi connectivity index (χ4n) is 0.667. The zero-order valence-electron chi connectivity index (χ0n) is 6.17. The van der Waals surface area contributed by atoms with Gasteiger partial charge < -0.3 is 0 Å². The number of rotatable bonds is 1. The van der Waals surface area contributed by atoms with Gasteiger partial charge in [0, 0.05) is 18.0 Å². The molecule has 0 atom stereocenters. The minimum Gasteiger partial charge on any atom is -0.248 e. The largest absolute Gasteiger partial charge is 0.447 e. The van der Waals surface area contributed by atoms with Crippen molar-refractivity contribution in [3.8, 4) is 6.07 Å².